The van der Waals surface area contributed by atoms with E-state index in [4.69, 9.17) is 0 Å². The molecule has 2 bridgehead atoms. The van der Waals surface area contributed by atoms with Crippen molar-refractivity contribution in [3.63, 3.8) is 0 Å². The van der Waals surface area contributed by atoms with Gasteiger partial charge in [-0.05, 0) is 56.1 Å². The van der Waals surface area contributed by atoms with Crippen molar-refractivity contribution < 1.29 is 13.2 Å². The second-order valence-corrected chi connectivity index (χ2v) is 9.72. The molecule has 25 heavy (non-hydrogen) atoms. The molecule has 1 aromatic carbocycles. The van der Waals surface area contributed by atoms with E-state index in [1.54, 1.807) is 24.3 Å². The van der Waals surface area contributed by atoms with Gasteiger partial charge in [-0.25, -0.2) is 8.42 Å². The van der Waals surface area contributed by atoms with E-state index >= 15 is 0 Å². The van der Waals surface area contributed by atoms with Gasteiger partial charge in [0.2, 0.25) is 15.9 Å². The Kier molecular flexibility index (Phi) is 4.58. The fraction of sp³-hybridized carbons (Fsp3) is 0.632. The molecule has 3 atom stereocenters. The number of benzene rings is 1. The van der Waals surface area contributed by atoms with Gasteiger partial charge >= 0.3 is 0 Å². The van der Waals surface area contributed by atoms with Crippen LogP contribution in [0.2, 0.25) is 0 Å². The van der Waals surface area contributed by atoms with Gasteiger partial charge in [0.1, 0.15) is 0 Å². The van der Waals surface area contributed by atoms with E-state index in [1.165, 1.54) is 23.6 Å². The third-order valence-electron chi connectivity index (χ3n) is 6.27. The number of nitrogens with zero attached hydrogens (tertiary/aromatic N) is 1. The predicted molar refractivity (Wildman–Crippen MR) is 95.3 cm³/mol. The molecule has 4 rings (SSSR count). The topological polar surface area (TPSA) is 66.5 Å². The van der Waals surface area contributed by atoms with E-state index < -0.39 is 10.0 Å². The number of fused-ring (bicyclic) bond motifs is 2. The molecule has 3 fully saturated rings. The Morgan fingerprint density at radius 1 is 1.00 bits per heavy atom. The number of hydrogen-bond acceptors (Lipinski definition) is 3. The van der Waals surface area contributed by atoms with Crippen molar-refractivity contribution >= 4 is 15.9 Å². The van der Waals surface area contributed by atoms with E-state index in [1.807, 2.05) is 6.07 Å². The maximum Gasteiger partial charge on any atom is 0.243 e. The summed E-state index contributed by atoms with van der Waals surface area (Å²) in [4.78, 5) is 12.9. The largest absolute Gasteiger partial charge is 0.353 e. The van der Waals surface area contributed by atoms with Crippen molar-refractivity contribution in [2.24, 2.45) is 17.8 Å². The summed E-state index contributed by atoms with van der Waals surface area (Å²) in [6.07, 6.45) is 6.21. The van der Waals surface area contributed by atoms with Crippen LogP contribution in [-0.4, -0.2) is 37.8 Å². The molecule has 1 N–H and O–H groups in total. The van der Waals surface area contributed by atoms with E-state index in [0.29, 0.717) is 42.8 Å². The summed E-state index contributed by atoms with van der Waals surface area (Å²) in [5.41, 5.74) is 0. The molecular formula is C19H26N2O3S. The van der Waals surface area contributed by atoms with Crippen LogP contribution in [-0.2, 0) is 14.8 Å². The van der Waals surface area contributed by atoms with Crippen molar-refractivity contribution in [1.82, 2.24) is 9.62 Å². The minimum absolute atomic E-state index is 0.0543. The summed E-state index contributed by atoms with van der Waals surface area (Å²) >= 11 is 0. The quantitative estimate of drug-likeness (QED) is 0.894. The minimum Gasteiger partial charge on any atom is -0.353 e. The van der Waals surface area contributed by atoms with Crippen LogP contribution in [0.1, 0.15) is 38.5 Å². The normalized spacial score (nSPS) is 30.5. The van der Waals surface area contributed by atoms with Gasteiger partial charge in [0.15, 0.2) is 0 Å². The zero-order valence-corrected chi connectivity index (χ0v) is 15.2. The maximum atomic E-state index is 12.7. The molecule has 2 saturated carbocycles. The van der Waals surface area contributed by atoms with Gasteiger partial charge in [-0.15, -0.1) is 0 Å². The molecule has 1 aromatic rings. The standard InChI is InChI=1S/C19H26N2O3S/c22-19(20-18-13-14-6-7-16(18)12-14)15-8-10-21(11-9-15)25(23,24)17-4-2-1-3-5-17/h1-5,14-16,18H,6-13H2,(H,20,22)/t14-,16-,18-/m1/s1. The summed E-state index contributed by atoms with van der Waals surface area (Å²) in [5, 5.41) is 3.26. The molecule has 3 aliphatic rings. The Morgan fingerprint density at radius 2 is 1.72 bits per heavy atom. The van der Waals surface area contributed by atoms with Crippen molar-refractivity contribution in [2.75, 3.05) is 13.1 Å². The number of hydrogen-bond donors (Lipinski definition) is 1. The van der Waals surface area contributed by atoms with E-state index in [0.717, 1.165) is 12.3 Å². The molecule has 1 heterocycles. The van der Waals surface area contributed by atoms with Crippen molar-refractivity contribution in [3.05, 3.63) is 30.3 Å². The molecule has 0 spiro atoms. The Bertz CT molecular complexity index is 726. The molecule has 0 aromatic heterocycles. The van der Waals surface area contributed by atoms with E-state index in [2.05, 4.69) is 5.32 Å². The fourth-order valence-electron chi connectivity index (χ4n) is 4.82. The summed E-state index contributed by atoms with van der Waals surface area (Å²) in [6, 6.07) is 8.90. The van der Waals surface area contributed by atoms with Gasteiger partial charge in [-0.2, -0.15) is 4.31 Å². The molecule has 136 valence electrons. The first-order chi connectivity index (χ1) is 12.0. The number of sulfonamides is 1. The van der Waals surface area contributed by atoms with Crippen LogP contribution in [0, 0.1) is 17.8 Å². The fourth-order valence-corrected chi connectivity index (χ4v) is 6.31. The second-order valence-electron chi connectivity index (χ2n) is 7.78. The average Bonchev–Trinajstić information content (AvgIpc) is 3.25. The van der Waals surface area contributed by atoms with Crippen molar-refractivity contribution in [3.8, 4) is 0 Å². The highest BCUT2D eigenvalue weighted by Gasteiger charge is 2.41. The molecule has 0 unspecified atom stereocenters. The van der Waals surface area contributed by atoms with Crippen molar-refractivity contribution in [1.29, 1.82) is 0 Å². The molecule has 0 radical (unpaired) electrons. The first-order valence-electron chi connectivity index (χ1n) is 9.39. The second kappa shape index (κ2) is 6.72. The molecule has 1 aliphatic heterocycles. The van der Waals surface area contributed by atoms with Gasteiger partial charge in [0.25, 0.3) is 0 Å². The molecule has 2 aliphatic carbocycles. The Labute approximate surface area is 149 Å². The number of carbonyl (C=O) groups is 1. The molecule has 5 nitrogen and oxygen atoms in total. The van der Waals surface area contributed by atoms with Crippen LogP contribution >= 0.6 is 0 Å². The van der Waals surface area contributed by atoms with Crippen LogP contribution < -0.4 is 5.32 Å². The maximum absolute atomic E-state index is 12.7. The van der Waals surface area contributed by atoms with Gasteiger partial charge in [0, 0.05) is 25.0 Å². The zero-order chi connectivity index (χ0) is 17.4. The monoisotopic (exact) mass is 362 g/mol. The number of carbonyl (C=O) groups excluding carboxylic acids is 1. The minimum atomic E-state index is -3.44. The summed E-state index contributed by atoms with van der Waals surface area (Å²) in [5.74, 6) is 1.57. The summed E-state index contributed by atoms with van der Waals surface area (Å²) in [6.45, 7) is 0.845. The van der Waals surface area contributed by atoms with Crippen LogP contribution in [0.4, 0.5) is 0 Å². The molecule has 1 saturated heterocycles. The van der Waals surface area contributed by atoms with Crippen molar-refractivity contribution in [2.45, 2.75) is 49.5 Å². The third kappa shape index (κ3) is 3.34. The van der Waals surface area contributed by atoms with Crippen LogP contribution in [0.3, 0.4) is 0 Å². The zero-order valence-electron chi connectivity index (χ0n) is 14.4. The van der Waals surface area contributed by atoms with Gasteiger partial charge < -0.3 is 5.32 Å². The highest BCUT2D eigenvalue weighted by Crippen LogP contribution is 2.44. The van der Waals surface area contributed by atoms with Gasteiger partial charge in [0.05, 0.1) is 4.90 Å². The van der Waals surface area contributed by atoms with Crippen LogP contribution in [0.5, 0.6) is 0 Å². The average molecular weight is 362 g/mol. The molecular weight excluding hydrogens is 336 g/mol. The molecule has 1 amide bonds. The number of amides is 1. The van der Waals surface area contributed by atoms with Gasteiger partial charge in [-0.3, -0.25) is 4.79 Å². The predicted octanol–water partition coefficient (Wildman–Crippen LogP) is 2.39. The Morgan fingerprint density at radius 3 is 2.32 bits per heavy atom. The number of piperidine rings is 1. The van der Waals surface area contributed by atoms with Crippen LogP contribution in [0.25, 0.3) is 0 Å². The lowest BCUT2D eigenvalue weighted by Gasteiger charge is -2.32. The first-order valence-corrected chi connectivity index (χ1v) is 10.8. The van der Waals surface area contributed by atoms with E-state index in [-0.39, 0.29) is 11.8 Å². The SMILES string of the molecule is O=C(N[C@@H]1C[C@@H]2CC[C@@H]1C2)C1CCN(S(=O)(=O)c2ccccc2)CC1. The number of nitrogens with one attached hydrogen (secondary N) is 1. The summed E-state index contributed by atoms with van der Waals surface area (Å²) in [7, 11) is -3.44. The van der Waals surface area contributed by atoms with E-state index in [9.17, 15) is 13.2 Å². The lowest BCUT2D eigenvalue weighted by molar-refractivity contribution is -0.127. The highest BCUT2D eigenvalue weighted by atomic mass is 32.2. The Balaban J connectivity index is 1.33. The molecule has 6 heteroatoms. The smallest absolute Gasteiger partial charge is 0.243 e. The first kappa shape index (κ1) is 17.0. The Hall–Kier alpha value is -1.40. The van der Waals surface area contributed by atoms with Gasteiger partial charge in [-0.1, -0.05) is 24.6 Å². The third-order valence-corrected chi connectivity index (χ3v) is 8.18. The number of rotatable bonds is 4. The highest BCUT2D eigenvalue weighted by molar-refractivity contribution is 7.89. The lowest BCUT2D eigenvalue weighted by atomic mass is 9.93. The van der Waals surface area contributed by atoms with Crippen LogP contribution in [0.15, 0.2) is 35.2 Å². The summed E-state index contributed by atoms with van der Waals surface area (Å²) < 4.78 is 26.8. The lowest BCUT2D eigenvalue weighted by Crippen LogP contribution is -2.46.